The van der Waals surface area contributed by atoms with E-state index in [-0.39, 0.29) is 33.0 Å². The zero-order chi connectivity index (χ0) is 50.2. The Balaban J connectivity index is 5.21. The predicted octanol–water partition coefficient (Wildman–Crippen LogP) is -1.84. The molecule has 0 aromatic heterocycles. The first-order valence-corrected chi connectivity index (χ1v) is 21.2. The van der Waals surface area contributed by atoms with E-state index in [2.05, 4.69) is 42.5 Å². The fourth-order valence-electron chi connectivity index (χ4n) is 4.77. The van der Waals surface area contributed by atoms with Crippen molar-refractivity contribution in [3.8, 4) is 0 Å². The second-order valence-electron chi connectivity index (χ2n) is 19.7. The number of carbonyl (C=O) groups is 8. The first kappa shape index (κ1) is 59.5. The van der Waals surface area contributed by atoms with Gasteiger partial charge in [0.2, 0.25) is 47.3 Å². The lowest BCUT2D eigenvalue weighted by atomic mass is 9.93. The second kappa shape index (κ2) is 24.2. The van der Waals surface area contributed by atoms with E-state index in [0.29, 0.717) is 33.0 Å². The Hall–Kier alpha value is -4.48. The van der Waals surface area contributed by atoms with E-state index in [4.69, 9.17) is 29.8 Å². The number of nitrogens with two attached hydrogens (primary N) is 1. The van der Waals surface area contributed by atoms with Gasteiger partial charge < -0.3 is 72.3 Å². The molecule has 0 radical (unpaired) electrons. The van der Waals surface area contributed by atoms with Gasteiger partial charge in [0.05, 0.1) is 65.0 Å². The van der Waals surface area contributed by atoms with Crippen molar-refractivity contribution in [2.24, 2.45) is 5.73 Å². The average molecular weight is 918 g/mol. The Labute approximate surface area is 378 Å². The van der Waals surface area contributed by atoms with Gasteiger partial charge in [-0.05, 0) is 111 Å². The van der Waals surface area contributed by atoms with Crippen molar-refractivity contribution in [3.63, 3.8) is 0 Å². The van der Waals surface area contributed by atoms with Gasteiger partial charge in [-0.2, -0.15) is 0 Å². The van der Waals surface area contributed by atoms with Crippen molar-refractivity contribution in [1.29, 1.82) is 0 Å². The van der Waals surface area contributed by atoms with Gasteiger partial charge in [0.25, 0.3) is 0 Å². The number of hydrogen-bond acceptors (Lipinski definition) is 14. The summed E-state index contributed by atoms with van der Waals surface area (Å²) in [5.74, 6) is -5.54. The molecule has 11 N–H and O–H groups in total. The summed E-state index contributed by atoms with van der Waals surface area (Å²) in [6.07, 6.45) is 0. The van der Waals surface area contributed by atoms with Crippen LogP contribution in [0.15, 0.2) is 0 Å². The van der Waals surface area contributed by atoms with Crippen molar-refractivity contribution < 1.29 is 62.4 Å². The molecule has 0 unspecified atom stereocenters. The van der Waals surface area contributed by atoms with Crippen molar-refractivity contribution in [2.45, 2.75) is 155 Å². The van der Waals surface area contributed by atoms with Crippen LogP contribution in [0.2, 0.25) is 0 Å². The first-order valence-electron chi connectivity index (χ1n) is 21.2. The fourth-order valence-corrected chi connectivity index (χ4v) is 4.77. The molecular weight excluding hydrogens is 839 g/mol. The van der Waals surface area contributed by atoms with Gasteiger partial charge in [-0.1, -0.05) is 0 Å². The van der Waals surface area contributed by atoms with Crippen molar-refractivity contribution in [2.75, 3.05) is 66.0 Å². The standard InChI is InChI=1S/C42H79N9O13/c1-35(2,43)27(53)45-37(5,6)29(55)47-39(9,10)31(57)49-41(13,14)33(59)51-42(15,16)34(60)50-40(11,12)32(58)48-38(7,8)30(56)46-36(3,4)28(54)44-17-19-61-21-23-63-25-26-64-24-22-62-20-18-52/h52H,17-26,43H2,1-16H3,(H,44,54)(H,45,53)(H,46,56)(H,47,55)(H,48,58)(H,49,57)(H,50,60)(H,51,59). The van der Waals surface area contributed by atoms with Crippen LogP contribution >= 0.6 is 0 Å². The lowest BCUT2D eigenvalue weighted by Crippen LogP contribution is -2.69. The minimum atomic E-state index is -1.64. The minimum Gasteiger partial charge on any atom is -0.394 e. The number of amides is 8. The van der Waals surface area contributed by atoms with E-state index < -0.39 is 91.6 Å². The highest BCUT2D eigenvalue weighted by molar-refractivity contribution is 6.02. The molecule has 0 saturated heterocycles. The summed E-state index contributed by atoms with van der Waals surface area (Å²) in [5, 5.41) is 29.5. The summed E-state index contributed by atoms with van der Waals surface area (Å²) >= 11 is 0. The number of ether oxygens (including phenoxy) is 4. The van der Waals surface area contributed by atoms with Crippen LogP contribution in [-0.4, -0.2) is 163 Å². The maximum absolute atomic E-state index is 13.6. The highest BCUT2D eigenvalue weighted by atomic mass is 16.6. The molecule has 0 atom stereocenters. The molecule has 0 aliphatic heterocycles. The minimum absolute atomic E-state index is 0.0413. The van der Waals surface area contributed by atoms with Crippen molar-refractivity contribution in [3.05, 3.63) is 0 Å². The van der Waals surface area contributed by atoms with Crippen LogP contribution < -0.4 is 48.3 Å². The summed E-state index contributed by atoms with van der Waals surface area (Å²) in [6.45, 7) is 25.5. The van der Waals surface area contributed by atoms with E-state index in [1.807, 2.05) is 0 Å². The molecule has 22 nitrogen and oxygen atoms in total. The molecular formula is C42H79N9O13. The van der Waals surface area contributed by atoms with Gasteiger partial charge in [0.1, 0.15) is 38.8 Å². The number of aliphatic hydroxyl groups excluding tert-OH is 1. The first-order chi connectivity index (χ1) is 28.9. The van der Waals surface area contributed by atoms with Crippen LogP contribution in [0, 0.1) is 0 Å². The molecule has 0 bridgehead atoms. The molecule has 0 heterocycles. The molecule has 370 valence electrons. The van der Waals surface area contributed by atoms with Crippen molar-refractivity contribution in [1.82, 2.24) is 42.5 Å². The number of rotatable bonds is 29. The summed E-state index contributed by atoms with van der Waals surface area (Å²) in [6, 6.07) is 0. The second-order valence-corrected chi connectivity index (χ2v) is 19.7. The maximum atomic E-state index is 13.6. The van der Waals surface area contributed by atoms with E-state index >= 15 is 0 Å². The largest absolute Gasteiger partial charge is 0.394 e. The van der Waals surface area contributed by atoms with Gasteiger partial charge in [-0.3, -0.25) is 38.4 Å². The number of hydrogen-bond donors (Lipinski definition) is 10. The lowest BCUT2D eigenvalue weighted by Gasteiger charge is -2.37. The third-order valence-electron chi connectivity index (χ3n) is 9.42. The number of nitrogens with one attached hydrogen (secondary N) is 8. The third-order valence-corrected chi connectivity index (χ3v) is 9.42. The maximum Gasteiger partial charge on any atom is 0.246 e. The van der Waals surface area contributed by atoms with Crippen LogP contribution in [0.4, 0.5) is 0 Å². The Morgan fingerprint density at radius 3 is 0.781 bits per heavy atom. The molecule has 0 aliphatic carbocycles. The van der Waals surface area contributed by atoms with Gasteiger partial charge in [0, 0.05) is 6.54 Å². The molecule has 0 aromatic rings. The summed E-state index contributed by atoms with van der Waals surface area (Å²) in [5.41, 5.74) is -6.32. The molecule has 0 spiro atoms. The topological polar surface area (TPSA) is 316 Å². The van der Waals surface area contributed by atoms with Crippen LogP contribution in [-0.2, 0) is 57.3 Å². The molecule has 8 amide bonds. The van der Waals surface area contributed by atoms with Crippen LogP contribution in [0.25, 0.3) is 0 Å². The van der Waals surface area contributed by atoms with E-state index in [1.165, 1.54) is 111 Å². The Morgan fingerprint density at radius 2 is 0.547 bits per heavy atom. The monoisotopic (exact) mass is 918 g/mol. The smallest absolute Gasteiger partial charge is 0.246 e. The highest BCUT2D eigenvalue weighted by Gasteiger charge is 2.45. The van der Waals surface area contributed by atoms with Gasteiger partial charge >= 0.3 is 0 Å². The van der Waals surface area contributed by atoms with E-state index in [0.717, 1.165) is 0 Å². The predicted molar refractivity (Wildman–Crippen MR) is 237 cm³/mol. The molecule has 0 rings (SSSR count). The quantitative estimate of drug-likeness (QED) is 0.0369. The van der Waals surface area contributed by atoms with E-state index in [1.54, 1.807) is 0 Å². The fraction of sp³-hybridized carbons (Fsp3) is 0.810. The van der Waals surface area contributed by atoms with Gasteiger partial charge in [-0.15, -0.1) is 0 Å². The molecule has 0 fully saturated rings. The van der Waals surface area contributed by atoms with Crippen LogP contribution in [0.5, 0.6) is 0 Å². The lowest BCUT2D eigenvalue weighted by molar-refractivity contribution is -0.142. The summed E-state index contributed by atoms with van der Waals surface area (Å²) in [7, 11) is 0. The highest BCUT2D eigenvalue weighted by Crippen LogP contribution is 2.17. The SMILES string of the molecule is CC(C)(N)C(=O)NC(C)(C)C(=O)NC(C)(C)C(=O)NC(C)(C)C(=O)NC(C)(C)C(=O)NC(C)(C)C(=O)NC(C)(C)C(=O)NC(C)(C)C(=O)NCCOCCOCCOCCOCCO. The van der Waals surface area contributed by atoms with Crippen LogP contribution in [0.1, 0.15) is 111 Å². The Bertz CT molecular complexity index is 1640. The Kier molecular flexibility index (Phi) is 22.5. The zero-order valence-electron chi connectivity index (χ0n) is 41.0. The zero-order valence-corrected chi connectivity index (χ0v) is 41.0. The van der Waals surface area contributed by atoms with Gasteiger partial charge in [0.15, 0.2) is 0 Å². The molecule has 64 heavy (non-hydrogen) atoms. The van der Waals surface area contributed by atoms with E-state index in [9.17, 15) is 38.4 Å². The average Bonchev–Trinajstić information content (AvgIpc) is 3.13. The third kappa shape index (κ3) is 20.6. The number of aliphatic hydroxyl groups is 1. The summed E-state index contributed by atoms with van der Waals surface area (Å²) in [4.78, 5) is 106. The molecule has 0 aliphatic rings. The molecule has 0 saturated carbocycles. The van der Waals surface area contributed by atoms with Crippen molar-refractivity contribution >= 4 is 47.3 Å². The number of carbonyl (C=O) groups excluding carboxylic acids is 8. The molecule has 22 heteroatoms. The van der Waals surface area contributed by atoms with Crippen LogP contribution in [0.3, 0.4) is 0 Å². The summed E-state index contributed by atoms with van der Waals surface area (Å²) < 4.78 is 21.3. The molecule has 0 aromatic carbocycles. The Morgan fingerprint density at radius 1 is 0.344 bits per heavy atom. The normalized spacial score (nSPS) is 13.0. The van der Waals surface area contributed by atoms with Gasteiger partial charge in [-0.25, -0.2) is 0 Å².